The van der Waals surface area contributed by atoms with E-state index in [9.17, 15) is 0 Å². The van der Waals surface area contributed by atoms with E-state index in [-0.39, 0.29) is 0 Å². The fourth-order valence-corrected chi connectivity index (χ4v) is 2.58. The van der Waals surface area contributed by atoms with Gasteiger partial charge in [-0.15, -0.1) is 0 Å². The summed E-state index contributed by atoms with van der Waals surface area (Å²) in [5, 5.41) is 3.44. The molecule has 0 amide bonds. The van der Waals surface area contributed by atoms with Crippen LogP contribution in [0.3, 0.4) is 0 Å². The number of hydrogen-bond acceptors (Lipinski definition) is 1. The zero-order valence-corrected chi connectivity index (χ0v) is 11.1. The number of hydrogen-bond donors (Lipinski definition) is 1. The normalized spacial score (nSPS) is 13.9. The SMILES string of the molecule is C/C=C/NC1=C(c2ccccc2)Cc2ccccc21. The Kier molecular flexibility index (Phi) is 3.20. The summed E-state index contributed by atoms with van der Waals surface area (Å²) in [4.78, 5) is 0. The van der Waals surface area contributed by atoms with Crippen molar-refractivity contribution in [3.63, 3.8) is 0 Å². The van der Waals surface area contributed by atoms with Gasteiger partial charge in [-0.2, -0.15) is 0 Å². The van der Waals surface area contributed by atoms with Crippen molar-refractivity contribution in [2.45, 2.75) is 13.3 Å². The fourth-order valence-electron chi connectivity index (χ4n) is 2.58. The third-order valence-corrected chi connectivity index (χ3v) is 3.47. The van der Waals surface area contributed by atoms with E-state index in [2.05, 4.69) is 59.9 Å². The van der Waals surface area contributed by atoms with Gasteiger partial charge in [-0.25, -0.2) is 0 Å². The summed E-state index contributed by atoms with van der Waals surface area (Å²) in [6, 6.07) is 19.2. The van der Waals surface area contributed by atoms with E-state index in [0.717, 1.165) is 6.42 Å². The Balaban J connectivity index is 2.10. The second-order valence-corrected chi connectivity index (χ2v) is 4.70. The lowest BCUT2D eigenvalue weighted by atomic mass is 10.0. The van der Waals surface area contributed by atoms with Crippen molar-refractivity contribution in [1.29, 1.82) is 0 Å². The fraction of sp³-hybridized carbons (Fsp3) is 0.111. The standard InChI is InChI=1S/C18H17N/c1-2-12-19-18-16-11-7-6-10-15(16)13-17(18)14-8-4-3-5-9-14/h2-12,19H,13H2,1H3/b12-2+. The van der Waals surface area contributed by atoms with Crippen LogP contribution >= 0.6 is 0 Å². The highest BCUT2D eigenvalue weighted by atomic mass is 14.9. The molecule has 1 nitrogen and oxygen atoms in total. The maximum absolute atomic E-state index is 3.44. The summed E-state index contributed by atoms with van der Waals surface area (Å²) in [5.41, 5.74) is 6.62. The molecule has 0 radical (unpaired) electrons. The van der Waals surface area contributed by atoms with E-state index in [4.69, 9.17) is 0 Å². The average molecular weight is 247 g/mol. The number of nitrogens with one attached hydrogen (secondary N) is 1. The van der Waals surface area contributed by atoms with E-state index in [1.807, 2.05) is 19.2 Å². The van der Waals surface area contributed by atoms with E-state index >= 15 is 0 Å². The summed E-state index contributed by atoms with van der Waals surface area (Å²) < 4.78 is 0. The maximum Gasteiger partial charge on any atom is 0.0498 e. The Bertz CT molecular complexity index is 636. The molecule has 1 heteroatoms. The van der Waals surface area contributed by atoms with Gasteiger partial charge in [0.05, 0.1) is 0 Å². The third kappa shape index (κ3) is 2.19. The average Bonchev–Trinajstić information content (AvgIpc) is 2.85. The summed E-state index contributed by atoms with van der Waals surface area (Å²) in [5.74, 6) is 0. The lowest BCUT2D eigenvalue weighted by Crippen LogP contribution is -2.03. The predicted octanol–water partition coefficient (Wildman–Crippen LogP) is 4.23. The van der Waals surface area contributed by atoms with Crippen LogP contribution in [0.4, 0.5) is 0 Å². The van der Waals surface area contributed by atoms with Crippen LogP contribution in [-0.2, 0) is 6.42 Å². The van der Waals surface area contributed by atoms with Crippen molar-refractivity contribution in [2.24, 2.45) is 0 Å². The van der Waals surface area contributed by atoms with Gasteiger partial charge < -0.3 is 5.32 Å². The highest BCUT2D eigenvalue weighted by Gasteiger charge is 2.21. The molecule has 0 fully saturated rings. The largest absolute Gasteiger partial charge is 0.361 e. The van der Waals surface area contributed by atoms with Crippen molar-refractivity contribution >= 4 is 11.3 Å². The molecule has 0 saturated heterocycles. The van der Waals surface area contributed by atoms with Gasteiger partial charge >= 0.3 is 0 Å². The van der Waals surface area contributed by atoms with Crippen LogP contribution in [0.25, 0.3) is 11.3 Å². The smallest absolute Gasteiger partial charge is 0.0498 e. The Hall–Kier alpha value is -2.28. The van der Waals surface area contributed by atoms with E-state index in [0.29, 0.717) is 0 Å². The van der Waals surface area contributed by atoms with Gasteiger partial charge in [-0.1, -0.05) is 60.7 Å². The molecule has 2 aromatic rings. The van der Waals surface area contributed by atoms with Crippen LogP contribution in [0.2, 0.25) is 0 Å². The maximum atomic E-state index is 3.44. The molecule has 0 heterocycles. The second-order valence-electron chi connectivity index (χ2n) is 4.70. The molecule has 0 saturated carbocycles. The molecule has 19 heavy (non-hydrogen) atoms. The first kappa shape index (κ1) is 11.8. The molecule has 1 N–H and O–H groups in total. The minimum Gasteiger partial charge on any atom is -0.361 e. The highest BCUT2D eigenvalue weighted by molar-refractivity contribution is 5.96. The van der Waals surface area contributed by atoms with Crippen molar-refractivity contribution in [3.8, 4) is 0 Å². The Morgan fingerprint density at radius 3 is 2.47 bits per heavy atom. The topological polar surface area (TPSA) is 12.0 Å². The summed E-state index contributed by atoms with van der Waals surface area (Å²) >= 11 is 0. The molecule has 94 valence electrons. The monoisotopic (exact) mass is 247 g/mol. The van der Waals surface area contributed by atoms with Gasteiger partial charge in [0.15, 0.2) is 0 Å². The van der Waals surface area contributed by atoms with Crippen LogP contribution in [0.5, 0.6) is 0 Å². The first-order valence-corrected chi connectivity index (χ1v) is 6.64. The molecular weight excluding hydrogens is 230 g/mol. The molecule has 0 unspecified atom stereocenters. The molecular formula is C18H17N. The molecule has 0 spiro atoms. The zero-order valence-electron chi connectivity index (χ0n) is 11.1. The quantitative estimate of drug-likeness (QED) is 0.855. The molecule has 1 aliphatic carbocycles. The Morgan fingerprint density at radius 2 is 1.68 bits per heavy atom. The van der Waals surface area contributed by atoms with Crippen LogP contribution in [0.15, 0.2) is 66.9 Å². The van der Waals surface area contributed by atoms with Gasteiger partial charge in [0.1, 0.15) is 0 Å². The Labute approximate surface area is 114 Å². The number of benzene rings is 2. The number of allylic oxidation sites excluding steroid dienone is 2. The third-order valence-electron chi connectivity index (χ3n) is 3.47. The molecule has 2 aromatic carbocycles. The lowest BCUT2D eigenvalue weighted by molar-refractivity contribution is 1.22. The van der Waals surface area contributed by atoms with Crippen molar-refractivity contribution in [2.75, 3.05) is 0 Å². The summed E-state index contributed by atoms with van der Waals surface area (Å²) in [6.45, 7) is 2.02. The molecule has 0 aromatic heterocycles. The number of fused-ring (bicyclic) bond motifs is 1. The molecule has 1 aliphatic rings. The molecule has 3 rings (SSSR count). The second kappa shape index (κ2) is 5.15. The summed E-state index contributed by atoms with van der Waals surface area (Å²) in [7, 11) is 0. The van der Waals surface area contributed by atoms with Gasteiger partial charge in [-0.05, 0) is 29.8 Å². The van der Waals surface area contributed by atoms with Crippen molar-refractivity contribution < 1.29 is 0 Å². The van der Waals surface area contributed by atoms with E-state index < -0.39 is 0 Å². The predicted molar refractivity (Wildman–Crippen MR) is 81.4 cm³/mol. The van der Waals surface area contributed by atoms with Gasteiger partial charge in [-0.3, -0.25) is 0 Å². The number of rotatable bonds is 3. The summed E-state index contributed by atoms with van der Waals surface area (Å²) in [6.07, 6.45) is 5.02. The highest BCUT2D eigenvalue weighted by Crippen LogP contribution is 2.36. The molecule has 0 atom stereocenters. The minimum atomic E-state index is 1.00. The van der Waals surface area contributed by atoms with Gasteiger partial charge in [0.2, 0.25) is 0 Å². The molecule has 0 bridgehead atoms. The lowest BCUT2D eigenvalue weighted by Gasteiger charge is -2.08. The van der Waals surface area contributed by atoms with E-state index in [1.165, 1.54) is 28.0 Å². The first-order valence-electron chi connectivity index (χ1n) is 6.64. The van der Waals surface area contributed by atoms with Gasteiger partial charge in [0, 0.05) is 17.7 Å². The van der Waals surface area contributed by atoms with Crippen LogP contribution in [0.1, 0.15) is 23.6 Å². The first-order chi connectivity index (χ1) is 9.40. The van der Waals surface area contributed by atoms with Crippen LogP contribution < -0.4 is 5.32 Å². The van der Waals surface area contributed by atoms with Crippen LogP contribution in [0, 0.1) is 0 Å². The van der Waals surface area contributed by atoms with Crippen molar-refractivity contribution in [1.82, 2.24) is 5.32 Å². The zero-order chi connectivity index (χ0) is 13.1. The Morgan fingerprint density at radius 1 is 0.947 bits per heavy atom. The van der Waals surface area contributed by atoms with E-state index in [1.54, 1.807) is 0 Å². The van der Waals surface area contributed by atoms with Crippen LogP contribution in [-0.4, -0.2) is 0 Å². The molecule has 0 aliphatic heterocycles. The minimum absolute atomic E-state index is 1.00. The van der Waals surface area contributed by atoms with Gasteiger partial charge in [0.25, 0.3) is 0 Å². The van der Waals surface area contributed by atoms with Crippen molar-refractivity contribution in [3.05, 3.63) is 83.6 Å².